The van der Waals surface area contributed by atoms with E-state index in [2.05, 4.69) is 22.0 Å². The molecule has 7 heteroatoms. The van der Waals surface area contributed by atoms with Gasteiger partial charge in [-0.3, -0.25) is 9.69 Å². The summed E-state index contributed by atoms with van der Waals surface area (Å²) in [4.78, 5) is 30.0. The second kappa shape index (κ2) is 10.8. The van der Waals surface area contributed by atoms with Crippen LogP contribution >= 0.6 is 12.4 Å². The van der Waals surface area contributed by atoms with E-state index < -0.39 is 5.54 Å². The molecule has 6 nitrogen and oxygen atoms in total. The summed E-state index contributed by atoms with van der Waals surface area (Å²) in [5, 5.41) is 2.98. The van der Waals surface area contributed by atoms with E-state index in [-0.39, 0.29) is 24.3 Å². The maximum absolute atomic E-state index is 12.8. The Kier molecular flexibility index (Phi) is 8.78. The maximum atomic E-state index is 12.8. The predicted octanol–water partition coefficient (Wildman–Crippen LogP) is 3.25. The van der Waals surface area contributed by atoms with Crippen LogP contribution in [0.1, 0.15) is 55.8 Å². The van der Waals surface area contributed by atoms with Gasteiger partial charge in [-0.05, 0) is 50.1 Å². The lowest BCUT2D eigenvalue weighted by Crippen LogP contribution is -2.56. The Bertz CT molecular complexity index is 666. The van der Waals surface area contributed by atoms with Gasteiger partial charge < -0.3 is 15.0 Å². The molecule has 29 heavy (non-hydrogen) atoms. The van der Waals surface area contributed by atoms with Gasteiger partial charge in [-0.2, -0.15) is 0 Å². The van der Waals surface area contributed by atoms with Crippen molar-refractivity contribution in [1.29, 1.82) is 0 Å². The lowest BCUT2D eigenvalue weighted by Gasteiger charge is -2.36. The van der Waals surface area contributed by atoms with Crippen LogP contribution in [0.3, 0.4) is 0 Å². The van der Waals surface area contributed by atoms with Crippen molar-refractivity contribution in [2.45, 2.75) is 51.0 Å². The highest BCUT2D eigenvalue weighted by atomic mass is 35.5. The zero-order valence-electron chi connectivity index (χ0n) is 17.6. The van der Waals surface area contributed by atoms with Gasteiger partial charge in [0.25, 0.3) is 5.91 Å². The van der Waals surface area contributed by atoms with Gasteiger partial charge in [0.15, 0.2) is 0 Å². The molecule has 1 N–H and O–H groups in total. The molecule has 0 unspecified atom stereocenters. The summed E-state index contributed by atoms with van der Waals surface area (Å²) in [5.74, 6) is -0.534. The molecule has 1 saturated carbocycles. The number of carbonyl (C=O) groups is 2. The predicted molar refractivity (Wildman–Crippen MR) is 118 cm³/mol. The second-order valence-electron chi connectivity index (χ2n) is 7.96. The van der Waals surface area contributed by atoms with Crippen LogP contribution in [-0.2, 0) is 9.53 Å². The Labute approximate surface area is 180 Å². The number of amides is 1. The van der Waals surface area contributed by atoms with Crippen molar-refractivity contribution in [2.24, 2.45) is 0 Å². The lowest BCUT2D eigenvalue weighted by molar-refractivity contribution is -0.149. The molecule has 1 saturated heterocycles. The van der Waals surface area contributed by atoms with E-state index in [1.54, 1.807) is 0 Å². The van der Waals surface area contributed by atoms with Gasteiger partial charge in [0.05, 0.1) is 7.11 Å². The van der Waals surface area contributed by atoms with Crippen LogP contribution in [0.2, 0.25) is 0 Å². The van der Waals surface area contributed by atoms with Crippen molar-refractivity contribution in [3.05, 3.63) is 29.8 Å². The van der Waals surface area contributed by atoms with Crippen LogP contribution in [-0.4, -0.2) is 62.1 Å². The molecular formula is C22H34ClN3O3. The van der Waals surface area contributed by atoms with E-state index >= 15 is 0 Å². The second-order valence-corrected chi connectivity index (χ2v) is 7.96. The zero-order chi connectivity index (χ0) is 20.0. The molecule has 2 fully saturated rings. The first-order valence-corrected chi connectivity index (χ1v) is 10.6. The highest BCUT2D eigenvalue weighted by Crippen LogP contribution is 2.30. The molecule has 0 aromatic heterocycles. The quantitative estimate of drug-likeness (QED) is 0.711. The monoisotopic (exact) mass is 423 g/mol. The third-order valence-corrected chi connectivity index (χ3v) is 6.04. The van der Waals surface area contributed by atoms with Crippen molar-refractivity contribution < 1.29 is 14.3 Å². The number of carbonyl (C=O) groups excluding carboxylic acids is 2. The van der Waals surface area contributed by atoms with E-state index in [0.717, 1.165) is 57.7 Å². The first kappa shape index (κ1) is 23.5. The molecule has 1 aliphatic heterocycles. The Hall–Kier alpha value is -1.79. The average Bonchev–Trinajstić information content (AvgIpc) is 2.74. The van der Waals surface area contributed by atoms with Crippen LogP contribution in [0, 0.1) is 0 Å². The van der Waals surface area contributed by atoms with Crippen molar-refractivity contribution in [1.82, 2.24) is 10.2 Å². The SMILES string of the molecule is CCCN1CCN(c2ccc(C(=O)NC3(C(=O)OC)CCCCC3)cc2)CC1.Cl. The largest absolute Gasteiger partial charge is 0.467 e. The Balaban J connectivity index is 0.00000300. The van der Waals surface area contributed by atoms with Gasteiger partial charge in [0, 0.05) is 37.4 Å². The van der Waals surface area contributed by atoms with Crippen molar-refractivity contribution >= 4 is 30.0 Å². The molecule has 2 aliphatic rings. The number of anilines is 1. The van der Waals surface area contributed by atoms with E-state index in [1.165, 1.54) is 13.5 Å². The smallest absolute Gasteiger partial charge is 0.331 e. The fraction of sp³-hybridized carbons (Fsp3) is 0.636. The number of esters is 1. The van der Waals surface area contributed by atoms with Gasteiger partial charge >= 0.3 is 5.97 Å². The van der Waals surface area contributed by atoms with E-state index in [1.807, 2.05) is 24.3 Å². The summed E-state index contributed by atoms with van der Waals surface area (Å²) in [7, 11) is 1.39. The van der Waals surface area contributed by atoms with Crippen LogP contribution < -0.4 is 10.2 Å². The molecule has 0 spiro atoms. The van der Waals surface area contributed by atoms with Crippen molar-refractivity contribution in [2.75, 3.05) is 44.7 Å². The number of nitrogens with zero attached hydrogens (tertiary/aromatic N) is 2. The van der Waals surface area contributed by atoms with Crippen LogP contribution in [0.15, 0.2) is 24.3 Å². The number of nitrogens with one attached hydrogen (secondary N) is 1. The Morgan fingerprint density at radius 2 is 1.66 bits per heavy atom. The number of rotatable bonds is 6. The van der Waals surface area contributed by atoms with Gasteiger partial charge in [0.2, 0.25) is 0 Å². The molecule has 1 aromatic carbocycles. The molecule has 1 aliphatic carbocycles. The number of halogens is 1. The molecule has 1 amide bonds. The molecule has 0 bridgehead atoms. The highest BCUT2D eigenvalue weighted by molar-refractivity contribution is 5.98. The molecule has 0 radical (unpaired) electrons. The average molecular weight is 424 g/mol. The molecule has 3 rings (SSSR count). The van der Waals surface area contributed by atoms with Crippen LogP contribution in [0.4, 0.5) is 5.69 Å². The van der Waals surface area contributed by atoms with Gasteiger partial charge in [-0.15, -0.1) is 12.4 Å². The first-order valence-electron chi connectivity index (χ1n) is 10.6. The molecule has 1 aromatic rings. The van der Waals surface area contributed by atoms with E-state index in [4.69, 9.17) is 4.74 Å². The third-order valence-electron chi connectivity index (χ3n) is 6.04. The first-order chi connectivity index (χ1) is 13.6. The number of hydrogen-bond acceptors (Lipinski definition) is 5. The minimum atomic E-state index is -0.877. The van der Waals surface area contributed by atoms with Crippen LogP contribution in [0.5, 0.6) is 0 Å². The standard InChI is InChI=1S/C22H33N3O3.ClH/c1-3-13-24-14-16-25(17-15-24)19-9-7-18(8-10-19)20(26)23-22(21(27)28-2)11-5-4-6-12-22;/h7-10H,3-6,11-17H2,1-2H3,(H,23,26);1H. The summed E-state index contributed by atoms with van der Waals surface area (Å²) in [6.07, 6.45) is 5.43. The number of benzene rings is 1. The molecule has 162 valence electrons. The van der Waals surface area contributed by atoms with Gasteiger partial charge in [-0.25, -0.2) is 4.79 Å². The van der Waals surface area contributed by atoms with E-state index in [0.29, 0.717) is 18.4 Å². The van der Waals surface area contributed by atoms with Crippen molar-refractivity contribution in [3.8, 4) is 0 Å². The maximum Gasteiger partial charge on any atom is 0.331 e. The number of ether oxygens (including phenoxy) is 1. The summed E-state index contributed by atoms with van der Waals surface area (Å²) in [6.45, 7) is 7.56. The third kappa shape index (κ3) is 5.64. The number of hydrogen-bond donors (Lipinski definition) is 1. The molecule has 0 atom stereocenters. The normalized spacial score (nSPS) is 19.2. The van der Waals surface area contributed by atoms with Crippen molar-refractivity contribution in [3.63, 3.8) is 0 Å². The topological polar surface area (TPSA) is 61.9 Å². The fourth-order valence-corrected chi connectivity index (χ4v) is 4.39. The summed E-state index contributed by atoms with van der Waals surface area (Å²) in [6, 6.07) is 7.74. The van der Waals surface area contributed by atoms with Gasteiger partial charge in [0.1, 0.15) is 5.54 Å². The number of piperazine rings is 1. The number of methoxy groups -OCH3 is 1. The minimum absolute atomic E-state index is 0. The molecule has 1 heterocycles. The summed E-state index contributed by atoms with van der Waals surface area (Å²) in [5.41, 5.74) is 0.855. The Morgan fingerprint density at radius 1 is 1.03 bits per heavy atom. The van der Waals surface area contributed by atoms with Crippen LogP contribution in [0.25, 0.3) is 0 Å². The summed E-state index contributed by atoms with van der Waals surface area (Å²) < 4.78 is 4.99. The van der Waals surface area contributed by atoms with E-state index in [9.17, 15) is 9.59 Å². The highest BCUT2D eigenvalue weighted by Gasteiger charge is 2.42. The lowest BCUT2D eigenvalue weighted by atomic mass is 9.81. The summed E-state index contributed by atoms with van der Waals surface area (Å²) >= 11 is 0. The van der Waals surface area contributed by atoms with Gasteiger partial charge in [-0.1, -0.05) is 26.2 Å². The molecular weight excluding hydrogens is 390 g/mol. The zero-order valence-corrected chi connectivity index (χ0v) is 18.4. The fourth-order valence-electron chi connectivity index (χ4n) is 4.39. The Morgan fingerprint density at radius 3 is 2.21 bits per heavy atom. The minimum Gasteiger partial charge on any atom is -0.467 e.